The van der Waals surface area contributed by atoms with Crippen LogP contribution in [0.5, 0.6) is 0 Å². The van der Waals surface area contributed by atoms with Gasteiger partial charge in [-0.25, -0.2) is 4.98 Å². The molecular weight excluding hydrogens is 274 g/mol. The highest BCUT2D eigenvalue weighted by molar-refractivity contribution is 5.91. The number of pyridine rings is 1. The molecule has 4 nitrogen and oxygen atoms in total. The number of para-hydroxylation sites is 1. The van der Waals surface area contributed by atoms with Crippen molar-refractivity contribution in [3.63, 3.8) is 0 Å². The number of anilines is 3. The zero-order valence-electron chi connectivity index (χ0n) is 12.6. The lowest BCUT2D eigenvalue weighted by Gasteiger charge is -2.20. The molecule has 2 aromatic rings. The van der Waals surface area contributed by atoms with Gasteiger partial charge in [-0.2, -0.15) is 0 Å². The van der Waals surface area contributed by atoms with Crippen LogP contribution in [-0.4, -0.2) is 10.9 Å². The summed E-state index contributed by atoms with van der Waals surface area (Å²) in [7, 11) is 0. The van der Waals surface area contributed by atoms with Gasteiger partial charge in [0.25, 0.3) is 0 Å². The molecule has 1 aliphatic rings. The fourth-order valence-electron chi connectivity index (χ4n) is 2.82. The van der Waals surface area contributed by atoms with E-state index in [0.717, 1.165) is 37.1 Å². The number of hydrogen-bond acceptors (Lipinski definition) is 3. The maximum absolute atomic E-state index is 12.2. The monoisotopic (exact) mass is 295 g/mol. The van der Waals surface area contributed by atoms with Crippen molar-refractivity contribution in [1.29, 1.82) is 0 Å². The van der Waals surface area contributed by atoms with Crippen LogP contribution in [0.3, 0.4) is 0 Å². The van der Waals surface area contributed by atoms with Crippen molar-refractivity contribution in [3.8, 4) is 0 Å². The van der Waals surface area contributed by atoms with Crippen LogP contribution in [0.4, 0.5) is 17.2 Å². The largest absolute Gasteiger partial charge is 0.354 e. The highest BCUT2D eigenvalue weighted by Crippen LogP contribution is 2.25. The SMILES string of the molecule is O=C(Nc1ccc(Nc2ccccc2)cn1)C1CCCCC1. The summed E-state index contributed by atoms with van der Waals surface area (Å²) in [6.07, 6.45) is 7.31. The Kier molecular flexibility index (Phi) is 4.68. The molecule has 1 heterocycles. The zero-order valence-corrected chi connectivity index (χ0v) is 12.6. The third-order valence-corrected chi connectivity index (χ3v) is 4.05. The Balaban J connectivity index is 1.58. The number of carbonyl (C=O) groups excluding carboxylic acids is 1. The fraction of sp³-hybridized carbons (Fsp3) is 0.333. The number of carbonyl (C=O) groups is 1. The minimum Gasteiger partial charge on any atom is -0.354 e. The van der Waals surface area contributed by atoms with Crippen molar-refractivity contribution in [2.75, 3.05) is 10.6 Å². The van der Waals surface area contributed by atoms with E-state index in [1.54, 1.807) is 6.20 Å². The van der Waals surface area contributed by atoms with Gasteiger partial charge in [0.15, 0.2) is 0 Å². The van der Waals surface area contributed by atoms with Crippen LogP contribution in [0.2, 0.25) is 0 Å². The second-order valence-corrected chi connectivity index (χ2v) is 5.75. The number of nitrogens with zero attached hydrogens (tertiary/aromatic N) is 1. The Morgan fingerprint density at radius 2 is 1.73 bits per heavy atom. The Bertz CT molecular complexity index is 604. The zero-order chi connectivity index (χ0) is 15.2. The molecule has 1 aliphatic carbocycles. The van der Waals surface area contributed by atoms with Gasteiger partial charge < -0.3 is 10.6 Å². The van der Waals surface area contributed by atoms with E-state index in [4.69, 9.17) is 0 Å². The first-order valence-electron chi connectivity index (χ1n) is 7.90. The molecule has 0 spiro atoms. The third-order valence-electron chi connectivity index (χ3n) is 4.05. The van der Waals surface area contributed by atoms with Crippen LogP contribution in [0.25, 0.3) is 0 Å². The first kappa shape index (κ1) is 14.6. The molecule has 1 amide bonds. The summed E-state index contributed by atoms with van der Waals surface area (Å²) in [6, 6.07) is 13.7. The van der Waals surface area contributed by atoms with Crippen LogP contribution in [0.1, 0.15) is 32.1 Å². The Morgan fingerprint density at radius 1 is 0.955 bits per heavy atom. The van der Waals surface area contributed by atoms with E-state index in [1.165, 1.54) is 6.42 Å². The molecule has 1 aromatic heterocycles. The predicted octanol–water partition coefficient (Wildman–Crippen LogP) is 4.34. The second-order valence-electron chi connectivity index (χ2n) is 5.75. The Hall–Kier alpha value is -2.36. The van der Waals surface area contributed by atoms with Crippen molar-refractivity contribution in [3.05, 3.63) is 48.7 Å². The van der Waals surface area contributed by atoms with Crippen LogP contribution >= 0.6 is 0 Å². The number of amides is 1. The molecule has 4 heteroatoms. The van der Waals surface area contributed by atoms with Crippen LogP contribution in [-0.2, 0) is 4.79 Å². The molecule has 3 rings (SSSR count). The molecule has 0 atom stereocenters. The molecule has 0 bridgehead atoms. The topological polar surface area (TPSA) is 54.0 Å². The number of benzene rings is 1. The summed E-state index contributed by atoms with van der Waals surface area (Å²) in [6.45, 7) is 0. The van der Waals surface area contributed by atoms with Crippen molar-refractivity contribution in [2.45, 2.75) is 32.1 Å². The van der Waals surface area contributed by atoms with Gasteiger partial charge in [-0.05, 0) is 37.1 Å². The summed E-state index contributed by atoms with van der Waals surface area (Å²) in [5, 5.41) is 6.20. The van der Waals surface area contributed by atoms with Gasteiger partial charge >= 0.3 is 0 Å². The second kappa shape index (κ2) is 7.07. The summed E-state index contributed by atoms with van der Waals surface area (Å²) in [5.74, 6) is 0.878. The molecule has 2 N–H and O–H groups in total. The van der Waals surface area contributed by atoms with Gasteiger partial charge in [0.2, 0.25) is 5.91 Å². The normalized spacial score (nSPS) is 15.3. The third kappa shape index (κ3) is 3.85. The van der Waals surface area contributed by atoms with E-state index >= 15 is 0 Å². The molecule has 0 radical (unpaired) electrons. The van der Waals surface area contributed by atoms with Gasteiger partial charge in [-0.3, -0.25) is 4.79 Å². The van der Waals surface area contributed by atoms with Gasteiger partial charge in [0, 0.05) is 11.6 Å². The summed E-state index contributed by atoms with van der Waals surface area (Å²) in [5.41, 5.74) is 1.92. The van der Waals surface area contributed by atoms with Crippen LogP contribution in [0.15, 0.2) is 48.7 Å². The number of rotatable bonds is 4. The van der Waals surface area contributed by atoms with Crippen molar-refractivity contribution < 1.29 is 4.79 Å². The lowest BCUT2D eigenvalue weighted by atomic mass is 9.89. The first-order chi connectivity index (χ1) is 10.8. The van der Waals surface area contributed by atoms with Crippen molar-refractivity contribution in [1.82, 2.24) is 4.98 Å². The number of hydrogen-bond donors (Lipinski definition) is 2. The van der Waals surface area contributed by atoms with E-state index in [9.17, 15) is 4.79 Å². The highest BCUT2D eigenvalue weighted by Gasteiger charge is 2.21. The van der Waals surface area contributed by atoms with E-state index in [2.05, 4.69) is 15.6 Å². The molecule has 114 valence electrons. The van der Waals surface area contributed by atoms with E-state index in [-0.39, 0.29) is 11.8 Å². The Labute approximate surface area is 131 Å². The van der Waals surface area contributed by atoms with Crippen LogP contribution in [0, 0.1) is 5.92 Å². The lowest BCUT2D eigenvalue weighted by molar-refractivity contribution is -0.120. The van der Waals surface area contributed by atoms with E-state index in [1.807, 2.05) is 42.5 Å². The molecule has 1 aromatic carbocycles. The minimum absolute atomic E-state index is 0.107. The molecule has 1 saturated carbocycles. The van der Waals surface area contributed by atoms with Crippen LogP contribution < -0.4 is 10.6 Å². The summed E-state index contributed by atoms with van der Waals surface area (Å²) < 4.78 is 0. The van der Waals surface area contributed by atoms with Gasteiger partial charge in [-0.15, -0.1) is 0 Å². The average molecular weight is 295 g/mol. The average Bonchev–Trinajstić information content (AvgIpc) is 2.58. The van der Waals surface area contributed by atoms with Crippen molar-refractivity contribution >= 4 is 23.1 Å². The predicted molar refractivity (Wildman–Crippen MR) is 89.2 cm³/mol. The van der Waals surface area contributed by atoms with Gasteiger partial charge in [0.1, 0.15) is 5.82 Å². The molecule has 0 aliphatic heterocycles. The Morgan fingerprint density at radius 3 is 2.41 bits per heavy atom. The highest BCUT2D eigenvalue weighted by atomic mass is 16.1. The smallest absolute Gasteiger partial charge is 0.228 e. The van der Waals surface area contributed by atoms with Crippen molar-refractivity contribution in [2.24, 2.45) is 5.92 Å². The molecule has 22 heavy (non-hydrogen) atoms. The summed E-state index contributed by atoms with van der Waals surface area (Å²) >= 11 is 0. The summed E-state index contributed by atoms with van der Waals surface area (Å²) in [4.78, 5) is 16.5. The maximum atomic E-state index is 12.2. The fourth-order valence-corrected chi connectivity index (χ4v) is 2.82. The molecule has 1 fully saturated rings. The van der Waals surface area contributed by atoms with Gasteiger partial charge in [0.05, 0.1) is 11.9 Å². The first-order valence-corrected chi connectivity index (χ1v) is 7.90. The number of nitrogens with one attached hydrogen (secondary N) is 2. The molecular formula is C18H21N3O. The molecule has 0 unspecified atom stereocenters. The van der Waals surface area contributed by atoms with Gasteiger partial charge in [-0.1, -0.05) is 37.5 Å². The quantitative estimate of drug-likeness (QED) is 0.882. The minimum atomic E-state index is 0.107. The van der Waals surface area contributed by atoms with E-state index < -0.39 is 0 Å². The lowest BCUT2D eigenvalue weighted by Crippen LogP contribution is -2.25. The standard InChI is InChI=1S/C18H21N3O/c22-18(14-7-3-1-4-8-14)21-17-12-11-16(13-19-17)20-15-9-5-2-6-10-15/h2,5-6,9-14,20H,1,3-4,7-8H2,(H,19,21,22). The molecule has 0 saturated heterocycles. The van der Waals surface area contributed by atoms with E-state index in [0.29, 0.717) is 5.82 Å². The number of aromatic nitrogens is 1. The maximum Gasteiger partial charge on any atom is 0.228 e.